The fourth-order valence-corrected chi connectivity index (χ4v) is 4.94. The molecule has 2 amide bonds. The zero-order valence-electron chi connectivity index (χ0n) is 21.0. The first-order valence-electron chi connectivity index (χ1n) is 12.7. The number of carbonyl (C=O) groups is 1. The molecule has 2 aromatic carbocycles. The first-order valence-corrected chi connectivity index (χ1v) is 13.1. The Morgan fingerprint density at radius 3 is 2.64 bits per heavy atom. The van der Waals surface area contributed by atoms with Gasteiger partial charge in [-0.1, -0.05) is 23.7 Å². The van der Waals surface area contributed by atoms with E-state index in [0.29, 0.717) is 55.1 Å². The number of amides is 2. The minimum Gasteiger partial charge on any atom is -0.366 e. The molecule has 2 aromatic heterocycles. The highest BCUT2D eigenvalue weighted by molar-refractivity contribution is 6.32. The van der Waals surface area contributed by atoms with Gasteiger partial charge in [-0.25, -0.2) is 14.2 Å². The summed E-state index contributed by atoms with van der Waals surface area (Å²) in [6, 6.07) is 14.3. The maximum absolute atomic E-state index is 14.2. The number of aromatic nitrogens is 3. The topological polar surface area (TPSA) is 98.3 Å². The standard InChI is InChI=1S/C28H26ClFN8O/c29-22-17-32-27-34-21-13-18(15-31-16-21)5-6-19-14-20(33-26(22)36-27)7-8-24(19)35-28(39)38-11-9-37(10-12-38)25-4-2-1-3-23(25)30/h1-4,7-8,13-17H,5-6,9-12H2,(H,35,39)(H2,32,33,34,36). The summed E-state index contributed by atoms with van der Waals surface area (Å²) >= 11 is 6.36. The summed E-state index contributed by atoms with van der Waals surface area (Å²) in [6.45, 7) is 2.11. The lowest BCUT2D eigenvalue weighted by molar-refractivity contribution is 0.208. The van der Waals surface area contributed by atoms with Gasteiger partial charge in [0.15, 0.2) is 5.82 Å². The first kappa shape index (κ1) is 24.9. The van der Waals surface area contributed by atoms with Crippen molar-refractivity contribution < 1.29 is 9.18 Å². The summed E-state index contributed by atoms with van der Waals surface area (Å²) in [4.78, 5) is 30.1. The number of anilines is 6. The van der Waals surface area contributed by atoms with Crippen LogP contribution in [0, 0.1) is 5.82 Å². The minimum atomic E-state index is -0.250. The lowest BCUT2D eigenvalue weighted by Gasteiger charge is -2.36. The van der Waals surface area contributed by atoms with Crippen LogP contribution in [-0.2, 0) is 12.8 Å². The highest BCUT2D eigenvalue weighted by Crippen LogP contribution is 2.29. The number of fused-ring (bicyclic) bond motifs is 6. The predicted molar refractivity (Wildman–Crippen MR) is 151 cm³/mol. The fraction of sp³-hybridized carbons (Fsp3) is 0.214. The van der Waals surface area contributed by atoms with Gasteiger partial charge in [0.25, 0.3) is 0 Å². The van der Waals surface area contributed by atoms with Crippen LogP contribution in [0.4, 0.5) is 43.7 Å². The third kappa shape index (κ3) is 5.56. The summed E-state index contributed by atoms with van der Waals surface area (Å²) in [6.07, 6.45) is 6.47. The summed E-state index contributed by atoms with van der Waals surface area (Å²) in [5.41, 5.74) is 4.85. The molecule has 0 unspecified atom stereocenters. The van der Waals surface area contributed by atoms with E-state index in [1.807, 2.05) is 41.4 Å². The molecule has 9 nitrogen and oxygen atoms in total. The second-order valence-corrected chi connectivity index (χ2v) is 9.86. The largest absolute Gasteiger partial charge is 0.366 e. The second-order valence-electron chi connectivity index (χ2n) is 9.45. The lowest BCUT2D eigenvalue weighted by Crippen LogP contribution is -2.50. The molecule has 11 heteroatoms. The maximum atomic E-state index is 14.2. The number of nitrogens with one attached hydrogen (secondary N) is 3. The normalized spacial score (nSPS) is 14.7. The molecule has 0 saturated carbocycles. The molecule has 6 rings (SSSR count). The molecule has 4 aromatic rings. The molecule has 4 heterocycles. The summed E-state index contributed by atoms with van der Waals surface area (Å²) in [5.74, 6) is 0.618. The highest BCUT2D eigenvalue weighted by Gasteiger charge is 2.23. The van der Waals surface area contributed by atoms with E-state index >= 15 is 0 Å². The van der Waals surface area contributed by atoms with E-state index in [-0.39, 0.29) is 11.8 Å². The van der Waals surface area contributed by atoms with Crippen LogP contribution in [0.1, 0.15) is 11.1 Å². The molecular weight excluding hydrogens is 519 g/mol. The number of pyridine rings is 1. The van der Waals surface area contributed by atoms with E-state index in [4.69, 9.17) is 11.6 Å². The van der Waals surface area contributed by atoms with Crippen molar-refractivity contribution in [3.8, 4) is 0 Å². The van der Waals surface area contributed by atoms with Crippen molar-refractivity contribution in [2.75, 3.05) is 47.0 Å². The van der Waals surface area contributed by atoms with E-state index in [9.17, 15) is 9.18 Å². The van der Waals surface area contributed by atoms with E-state index in [1.165, 1.54) is 12.3 Å². The SMILES string of the molecule is O=C(Nc1ccc2cc1CCc1cncc(c1)Nc1ncc(Cl)c(n1)N2)N1CCN(c2ccccc2F)CC1. The number of halogens is 2. The van der Waals surface area contributed by atoms with Crippen LogP contribution in [0.3, 0.4) is 0 Å². The van der Waals surface area contributed by atoms with E-state index in [2.05, 4.69) is 30.9 Å². The summed E-state index contributed by atoms with van der Waals surface area (Å²) < 4.78 is 14.2. The molecule has 1 fully saturated rings. The van der Waals surface area contributed by atoms with Gasteiger partial charge < -0.3 is 25.8 Å². The van der Waals surface area contributed by atoms with Crippen molar-refractivity contribution in [3.05, 3.63) is 89.1 Å². The molecule has 0 radical (unpaired) electrons. The van der Waals surface area contributed by atoms with Gasteiger partial charge in [-0.05, 0) is 60.4 Å². The first-order chi connectivity index (χ1) is 19.0. The van der Waals surface area contributed by atoms with Crippen LogP contribution in [0.2, 0.25) is 5.02 Å². The van der Waals surface area contributed by atoms with Gasteiger partial charge in [0.2, 0.25) is 5.95 Å². The molecule has 6 bridgehead atoms. The fourth-order valence-electron chi connectivity index (χ4n) is 4.81. The van der Waals surface area contributed by atoms with Crippen LogP contribution in [-0.4, -0.2) is 52.1 Å². The molecular formula is C28H26ClFN8O. The number of para-hydroxylation sites is 1. The van der Waals surface area contributed by atoms with Gasteiger partial charge >= 0.3 is 6.03 Å². The van der Waals surface area contributed by atoms with Crippen molar-refractivity contribution in [2.24, 2.45) is 0 Å². The third-order valence-electron chi connectivity index (χ3n) is 6.85. The molecule has 3 N–H and O–H groups in total. The monoisotopic (exact) mass is 544 g/mol. The molecule has 0 atom stereocenters. The summed E-state index contributed by atoms with van der Waals surface area (Å²) in [5, 5.41) is 9.92. The van der Waals surface area contributed by atoms with Crippen molar-refractivity contribution in [2.45, 2.75) is 12.8 Å². The van der Waals surface area contributed by atoms with Crippen molar-refractivity contribution >= 4 is 52.1 Å². The van der Waals surface area contributed by atoms with Gasteiger partial charge in [0, 0.05) is 43.8 Å². The Hall–Kier alpha value is -4.44. The van der Waals surface area contributed by atoms with E-state index < -0.39 is 0 Å². The number of carbonyl (C=O) groups excluding carboxylic acids is 1. The van der Waals surface area contributed by atoms with Crippen LogP contribution in [0.5, 0.6) is 0 Å². The van der Waals surface area contributed by atoms with Gasteiger partial charge in [-0.15, -0.1) is 0 Å². The third-order valence-corrected chi connectivity index (χ3v) is 7.12. The number of aryl methyl sites for hydroxylation is 2. The van der Waals surface area contributed by atoms with Gasteiger partial charge in [-0.2, -0.15) is 4.98 Å². The number of hydrogen-bond donors (Lipinski definition) is 3. The maximum Gasteiger partial charge on any atom is 0.321 e. The van der Waals surface area contributed by atoms with E-state index in [1.54, 1.807) is 23.2 Å². The van der Waals surface area contributed by atoms with Crippen molar-refractivity contribution in [3.63, 3.8) is 0 Å². The highest BCUT2D eigenvalue weighted by atomic mass is 35.5. The lowest BCUT2D eigenvalue weighted by atomic mass is 10.0. The zero-order valence-corrected chi connectivity index (χ0v) is 21.7. The Morgan fingerprint density at radius 2 is 1.79 bits per heavy atom. The molecule has 1 saturated heterocycles. The van der Waals surface area contributed by atoms with Gasteiger partial charge in [-0.3, -0.25) is 4.98 Å². The number of hydrogen-bond acceptors (Lipinski definition) is 7. The Morgan fingerprint density at radius 1 is 0.949 bits per heavy atom. The average molecular weight is 545 g/mol. The Kier molecular flexibility index (Phi) is 6.85. The number of nitrogens with zero attached hydrogens (tertiary/aromatic N) is 5. The van der Waals surface area contributed by atoms with Crippen molar-refractivity contribution in [1.29, 1.82) is 0 Å². The molecule has 0 aliphatic carbocycles. The summed E-state index contributed by atoms with van der Waals surface area (Å²) in [7, 11) is 0. The molecule has 2 aliphatic rings. The number of urea groups is 1. The minimum absolute atomic E-state index is 0.181. The second kappa shape index (κ2) is 10.7. The molecule has 198 valence electrons. The Labute approximate surface area is 230 Å². The average Bonchev–Trinajstić information content (AvgIpc) is 2.95. The van der Waals surface area contributed by atoms with Crippen molar-refractivity contribution in [1.82, 2.24) is 19.9 Å². The predicted octanol–water partition coefficient (Wildman–Crippen LogP) is 5.60. The van der Waals surface area contributed by atoms with Gasteiger partial charge in [0.1, 0.15) is 10.8 Å². The van der Waals surface area contributed by atoms with Crippen LogP contribution >= 0.6 is 11.6 Å². The Balaban J connectivity index is 1.22. The van der Waals surface area contributed by atoms with Crippen LogP contribution in [0.25, 0.3) is 0 Å². The number of rotatable bonds is 2. The number of benzene rings is 2. The van der Waals surface area contributed by atoms with E-state index in [0.717, 1.165) is 34.6 Å². The van der Waals surface area contributed by atoms with Crippen LogP contribution < -0.4 is 20.9 Å². The van der Waals surface area contributed by atoms with Gasteiger partial charge in [0.05, 0.1) is 23.8 Å². The Bertz CT molecular complexity index is 1530. The molecule has 2 aliphatic heterocycles. The van der Waals surface area contributed by atoms with Crippen LogP contribution in [0.15, 0.2) is 67.1 Å². The zero-order chi connectivity index (χ0) is 26.8. The smallest absolute Gasteiger partial charge is 0.321 e. The quantitative estimate of drug-likeness (QED) is 0.302. The molecule has 0 spiro atoms. The number of piperazine rings is 1. The molecule has 39 heavy (non-hydrogen) atoms.